The second-order valence-corrected chi connectivity index (χ2v) is 3.39. The number of carbonyl (C=O) groups is 1. The van der Waals surface area contributed by atoms with Crippen molar-refractivity contribution in [3.8, 4) is 0 Å². The molecule has 1 saturated carbocycles. The summed E-state index contributed by atoms with van der Waals surface area (Å²) in [6, 6.07) is -0.260. The van der Waals surface area contributed by atoms with Crippen LogP contribution in [-0.2, 0) is 0 Å². The van der Waals surface area contributed by atoms with Crippen LogP contribution in [0.15, 0.2) is 0 Å². The van der Waals surface area contributed by atoms with E-state index in [4.69, 9.17) is 5.73 Å². The third-order valence-electron chi connectivity index (χ3n) is 2.63. The van der Waals surface area contributed by atoms with E-state index in [0.717, 1.165) is 32.5 Å². The van der Waals surface area contributed by atoms with Gasteiger partial charge in [0.05, 0.1) is 5.54 Å². The molecule has 0 aromatic carbocycles. The number of hydrogen-bond acceptors (Lipinski definition) is 2. The van der Waals surface area contributed by atoms with Crippen LogP contribution in [0.1, 0.15) is 12.8 Å². The van der Waals surface area contributed by atoms with Crippen molar-refractivity contribution >= 4 is 6.03 Å². The Kier molecular flexibility index (Phi) is 1.32. The molecule has 11 heavy (non-hydrogen) atoms. The van der Waals surface area contributed by atoms with E-state index in [1.807, 2.05) is 4.90 Å². The van der Waals surface area contributed by atoms with Gasteiger partial charge in [0.25, 0.3) is 0 Å². The predicted molar refractivity (Wildman–Crippen MR) is 41.1 cm³/mol. The summed E-state index contributed by atoms with van der Waals surface area (Å²) in [5, 5.41) is 3.27. The van der Waals surface area contributed by atoms with Crippen LogP contribution < -0.4 is 11.1 Å². The molecule has 4 heteroatoms. The number of carbonyl (C=O) groups excluding carboxylic acids is 1. The van der Waals surface area contributed by atoms with Gasteiger partial charge in [-0.25, -0.2) is 4.79 Å². The topological polar surface area (TPSA) is 58.4 Å². The summed E-state index contributed by atoms with van der Waals surface area (Å²) in [5.74, 6) is 0. The van der Waals surface area contributed by atoms with Gasteiger partial charge in [-0.05, 0) is 12.8 Å². The highest BCUT2D eigenvalue weighted by molar-refractivity contribution is 5.73. The maximum absolute atomic E-state index is 10.9. The summed E-state index contributed by atoms with van der Waals surface area (Å²) in [4.78, 5) is 12.7. The van der Waals surface area contributed by atoms with Crippen molar-refractivity contribution in [2.24, 2.45) is 5.73 Å². The van der Waals surface area contributed by atoms with E-state index in [9.17, 15) is 4.79 Å². The molecule has 1 saturated heterocycles. The Hall–Kier alpha value is -0.770. The van der Waals surface area contributed by atoms with Crippen LogP contribution >= 0.6 is 0 Å². The van der Waals surface area contributed by atoms with Crippen LogP contribution in [0.2, 0.25) is 0 Å². The van der Waals surface area contributed by atoms with Crippen LogP contribution in [-0.4, -0.2) is 36.1 Å². The molecule has 2 rings (SSSR count). The van der Waals surface area contributed by atoms with Crippen molar-refractivity contribution in [2.45, 2.75) is 18.4 Å². The average Bonchev–Trinajstić information content (AvgIpc) is 2.70. The molecule has 0 atom stereocenters. The van der Waals surface area contributed by atoms with Crippen molar-refractivity contribution < 1.29 is 4.79 Å². The fourth-order valence-corrected chi connectivity index (χ4v) is 1.78. The van der Waals surface area contributed by atoms with E-state index in [1.165, 1.54) is 0 Å². The van der Waals surface area contributed by atoms with Gasteiger partial charge >= 0.3 is 6.03 Å². The molecule has 62 valence electrons. The molecular formula is C7H13N3O. The molecule has 2 aliphatic rings. The van der Waals surface area contributed by atoms with Gasteiger partial charge in [-0.3, -0.25) is 0 Å². The molecule has 0 unspecified atom stereocenters. The molecule has 0 aromatic heterocycles. The zero-order chi connectivity index (χ0) is 7.90. The van der Waals surface area contributed by atoms with E-state index < -0.39 is 0 Å². The summed E-state index contributed by atoms with van der Waals surface area (Å²) in [7, 11) is 0. The number of amides is 2. The van der Waals surface area contributed by atoms with Gasteiger partial charge in [0, 0.05) is 19.6 Å². The second-order valence-electron chi connectivity index (χ2n) is 3.39. The summed E-state index contributed by atoms with van der Waals surface area (Å²) < 4.78 is 0. The first-order chi connectivity index (χ1) is 5.25. The Balaban J connectivity index is 2.10. The van der Waals surface area contributed by atoms with Crippen LogP contribution in [0.5, 0.6) is 0 Å². The minimum absolute atomic E-state index is 0.115. The molecule has 1 aliphatic heterocycles. The van der Waals surface area contributed by atoms with E-state index in [0.29, 0.717) is 0 Å². The number of nitrogens with one attached hydrogen (secondary N) is 1. The molecule has 0 aromatic rings. The number of primary amides is 1. The summed E-state index contributed by atoms with van der Waals surface area (Å²) in [6.45, 7) is 2.58. The molecule has 1 aliphatic carbocycles. The third-order valence-corrected chi connectivity index (χ3v) is 2.63. The lowest BCUT2D eigenvalue weighted by Crippen LogP contribution is -2.57. The average molecular weight is 155 g/mol. The number of nitrogens with two attached hydrogens (primary N) is 1. The van der Waals surface area contributed by atoms with Crippen LogP contribution in [0.25, 0.3) is 0 Å². The number of hydrogen-bond donors (Lipinski definition) is 2. The molecule has 1 heterocycles. The van der Waals surface area contributed by atoms with Crippen molar-refractivity contribution in [1.82, 2.24) is 10.2 Å². The Morgan fingerprint density at radius 2 is 2.27 bits per heavy atom. The highest BCUT2D eigenvalue weighted by Gasteiger charge is 2.50. The quantitative estimate of drug-likeness (QED) is 0.495. The van der Waals surface area contributed by atoms with E-state index >= 15 is 0 Å². The molecule has 0 radical (unpaired) electrons. The zero-order valence-electron chi connectivity index (χ0n) is 6.47. The lowest BCUT2D eigenvalue weighted by Gasteiger charge is -2.35. The molecule has 1 spiro atoms. The highest BCUT2D eigenvalue weighted by Crippen LogP contribution is 2.41. The lowest BCUT2D eigenvalue weighted by molar-refractivity contribution is 0.156. The number of nitrogens with zero attached hydrogens (tertiary/aromatic N) is 1. The minimum atomic E-state index is -0.260. The fraction of sp³-hybridized carbons (Fsp3) is 0.857. The Morgan fingerprint density at radius 1 is 1.55 bits per heavy atom. The Bertz CT molecular complexity index is 188. The smallest absolute Gasteiger partial charge is 0.315 e. The SMILES string of the molecule is NC(=O)N1CCNCC12CC2. The van der Waals surface area contributed by atoms with Gasteiger partial charge in [-0.1, -0.05) is 0 Å². The number of urea groups is 1. The fourth-order valence-electron chi connectivity index (χ4n) is 1.78. The van der Waals surface area contributed by atoms with Crippen LogP contribution in [0.3, 0.4) is 0 Å². The van der Waals surface area contributed by atoms with Crippen molar-refractivity contribution in [3.05, 3.63) is 0 Å². The van der Waals surface area contributed by atoms with E-state index in [1.54, 1.807) is 0 Å². The van der Waals surface area contributed by atoms with Crippen molar-refractivity contribution in [3.63, 3.8) is 0 Å². The van der Waals surface area contributed by atoms with E-state index in [2.05, 4.69) is 5.32 Å². The second kappa shape index (κ2) is 2.11. The molecular weight excluding hydrogens is 142 g/mol. The van der Waals surface area contributed by atoms with Crippen molar-refractivity contribution in [1.29, 1.82) is 0 Å². The van der Waals surface area contributed by atoms with Gasteiger partial charge in [-0.2, -0.15) is 0 Å². The highest BCUT2D eigenvalue weighted by atomic mass is 16.2. The van der Waals surface area contributed by atoms with Gasteiger partial charge in [-0.15, -0.1) is 0 Å². The van der Waals surface area contributed by atoms with Gasteiger partial charge in [0.15, 0.2) is 0 Å². The molecule has 2 amide bonds. The first kappa shape index (κ1) is 6.91. The predicted octanol–water partition coefficient (Wildman–Crippen LogP) is -0.497. The molecule has 4 nitrogen and oxygen atoms in total. The largest absolute Gasteiger partial charge is 0.351 e. The van der Waals surface area contributed by atoms with Crippen LogP contribution in [0, 0.1) is 0 Å². The molecule has 3 N–H and O–H groups in total. The summed E-state index contributed by atoms with van der Waals surface area (Å²) in [6.07, 6.45) is 2.23. The Labute approximate surface area is 65.7 Å². The normalized spacial score (nSPS) is 27.1. The summed E-state index contributed by atoms with van der Waals surface area (Å²) in [5.41, 5.74) is 5.36. The van der Waals surface area contributed by atoms with Crippen molar-refractivity contribution in [2.75, 3.05) is 19.6 Å². The third kappa shape index (κ3) is 0.976. The van der Waals surface area contributed by atoms with Crippen LogP contribution in [0.4, 0.5) is 4.79 Å². The molecule has 2 fully saturated rings. The molecule has 0 bridgehead atoms. The maximum atomic E-state index is 10.9. The Morgan fingerprint density at radius 3 is 2.73 bits per heavy atom. The number of rotatable bonds is 0. The lowest BCUT2D eigenvalue weighted by atomic mass is 10.2. The van der Waals surface area contributed by atoms with Gasteiger partial charge in [0.1, 0.15) is 0 Å². The van der Waals surface area contributed by atoms with E-state index in [-0.39, 0.29) is 11.6 Å². The monoisotopic (exact) mass is 155 g/mol. The minimum Gasteiger partial charge on any atom is -0.351 e. The maximum Gasteiger partial charge on any atom is 0.315 e. The first-order valence-corrected chi connectivity index (χ1v) is 4.02. The van der Waals surface area contributed by atoms with Gasteiger partial charge in [0.2, 0.25) is 0 Å². The standard InChI is InChI=1S/C7H13N3O/c8-6(11)10-4-3-9-5-7(10)1-2-7/h9H,1-5H2,(H2,8,11). The number of piperazine rings is 1. The first-order valence-electron chi connectivity index (χ1n) is 4.02. The van der Waals surface area contributed by atoms with Gasteiger partial charge < -0.3 is 16.0 Å². The zero-order valence-corrected chi connectivity index (χ0v) is 6.47. The summed E-state index contributed by atoms with van der Waals surface area (Å²) >= 11 is 0.